The van der Waals surface area contributed by atoms with E-state index in [0.29, 0.717) is 18.2 Å². The van der Waals surface area contributed by atoms with Gasteiger partial charge in [-0.1, -0.05) is 0 Å². The second kappa shape index (κ2) is 4.22. The molecule has 2 rings (SSSR count). The maximum Gasteiger partial charge on any atom is 0.430 e. The zero-order valence-corrected chi connectivity index (χ0v) is 8.96. The zero-order chi connectivity index (χ0) is 14.4. The van der Waals surface area contributed by atoms with Crippen molar-refractivity contribution in [2.24, 2.45) is 0 Å². The molecule has 0 amide bonds. The van der Waals surface area contributed by atoms with E-state index in [1.807, 2.05) is 0 Å². The van der Waals surface area contributed by atoms with Crippen molar-refractivity contribution < 1.29 is 36.6 Å². The lowest BCUT2D eigenvalue weighted by Gasteiger charge is -2.27. The molecule has 1 heterocycles. The number of carboxylic acids is 1. The molecule has 102 valence electrons. The van der Waals surface area contributed by atoms with Crippen LogP contribution in [0.2, 0.25) is 0 Å². The van der Waals surface area contributed by atoms with E-state index in [4.69, 9.17) is 5.11 Å². The Morgan fingerprint density at radius 1 is 1.26 bits per heavy atom. The molecule has 1 aromatic rings. The van der Waals surface area contributed by atoms with Crippen LogP contribution in [-0.4, -0.2) is 23.4 Å². The van der Waals surface area contributed by atoms with Crippen molar-refractivity contribution in [1.29, 1.82) is 0 Å². The molecule has 0 aromatic heterocycles. The van der Waals surface area contributed by atoms with Crippen LogP contribution in [0.25, 0.3) is 6.08 Å². The largest absolute Gasteiger partial charge is 0.478 e. The second-order valence-electron chi connectivity index (χ2n) is 3.75. The quantitative estimate of drug-likeness (QED) is 0.804. The van der Waals surface area contributed by atoms with E-state index in [0.717, 1.165) is 0 Å². The molecule has 0 fully saturated rings. The van der Waals surface area contributed by atoms with Gasteiger partial charge in [0, 0.05) is 11.6 Å². The van der Waals surface area contributed by atoms with Crippen molar-refractivity contribution >= 4 is 12.0 Å². The summed E-state index contributed by atoms with van der Waals surface area (Å²) in [6.07, 6.45) is -7.27. The number of hydrogen-bond acceptors (Lipinski definition) is 2. The molecule has 0 bridgehead atoms. The lowest BCUT2D eigenvalue weighted by Crippen LogP contribution is -2.40. The number of halogens is 5. The summed E-state index contributed by atoms with van der Waals surface area (Å²) in [6, 6.07) is 1.04. The molecule has 0 aliphatic carbocycles. The van der Waals surface area contributed by atoms with E-state index in [9.17, 15) is 26.7 Å². The smallest absolute Gasteiger partial charge is 0.430 e. The fraction of sp³-hybridized carbons (Fsp3) is 0.182. The third-order valence-electron chi connectivity index (χ3n) is 2.41. The van der Waals surface area contributed by atoms with E-state index in [1.54, 1.807) is 0 Å². The number of ether oxygens (including phenoxy) is 1. The van der Waals surface area contributed by atoms with Gasteiger partial charge in [-0.25, -0.2) is 13.6 Å². The van der Waals surface area contributed by atoms with Gasteiger partial charge < -0.3 is 9.84 Å². The summed E-state index contributed by atoms with van der Waals surface area (Å²) < 4.78 is 68.5. The summed E-state index contributed by atoms with van der Waals surface area (Å²) in [6.45, 7) is 0. The van der Waals surface area contributed by atoms with Gasteiger partial charge in [0.1, 0.15) is 5.82 Å². The fourth-order valence-electron chi connectivity index (χ4n) is 1.65. The Morgan fingerprint density at radius 3 is 2.42 bits per heavy atom. The van der Waals surface area contributed by atoms with Crippen molar-refractivity contribution in [3.8, 4) is 5.75 Å². The van der Waals surface area contributed by atoms with Crippen LogP contribution in [0.5, 0.6) is 5.75 Å². The second-order valence-corrected chi connectivity index (χ2v) is 3.75. The normalized spacial score (nSPS) is 18.4. The third kappa shape index (κ3) is 2.38. The highest BCUT2D eigenvalue weighted by molar-refractivity contribution is 5.95. The van der Waals surface area contributed by atoms with Gasteiger partial charge in [-0.3, -0.25) is 0 Å². The van der Waals surface area contributed by atoms with E-state index in [2.05, 4.69) is 4.74 Å². The van der Waals surface area contributed by atoms with Crippen LogP contribution in [0.1, 0.15) is 5.56 Å². The maximum absolute atomic E-state index is 13.3. The number of alkyl halides is 3. The van der Waals surface area contributed by atoms with Gasteiger partial charge in [0.15, 0.2) is 11.6 Å². The minimum atomic E-state index is -5.03. The van der Waals surface area contributed by atoms with Gasteiger partial charge in [-0.2, -0.15) is 13.2 Å². The van der Waals surface area contributed by atoms with Gasteiger partial charge in [0.2, 0.25) is 6.10 Å². The van der Waals surface area contributed by atoms with Gasteiger partial charge in [0.25, 0.3) is 0 Å². The van der Waals surface area contributed by atoms with Gasteiger partial charge in [-0.05, 0) is 12.1 Å². The van der Waals surface area contributed by atoms with Crippen LogP contribution in [0, 0.1) is 11.6 Å². The van der Waals surface area contributed by atoms with Crippen LogP contribution in [0.3, 0.4) is 0 Å². The number of carboxylic acid groups (broad SMARTS) is 1. The Hall–Kier alpha value is -2.12. The van der Waals surface area contributed by atoms with Crippen LogP contribution in [0.4, 0.5) is 22.0 Å². The van der Waals surface area contributed by atoms with Crippen LogP contribution >= 0.6 is 0 Å². The van der Waals surface area contributed by atoms with Gasteiger partial charge >= 0.3 is 12.1 Å². The van der Waals surface area contributed by atoms with Crippen molar-refractivity contribution in [2.45, 2.75) is 12.3 Å². The summed E-state index contributed by atoms with van der Waals surface area (Å²) in [5.74, 6) is -5.08. The van der Waals surface area contributed by atoms with Crippen molar-refractivity contribution in [3.05, 3.63) is 34.9 Å². The first-order valence-corrected chi connectivity index (χ1v) is 4.87. The lowest BCUT2D eigenvalue weighted by atomic mass is 10.0. The van der Waals surface area contributed by atoms with E-state index in [-0.39, 0.29) is 0 Å². The number of hydrogen-bond donors (Lipinski definition) is 1. The van der Waals surface area contributed by atoms with Crippen LogP contribution < -0.4 is 4.74 Å². The molecule has 1 aliphatic rings. The van der Waals surface area contributed by atoms with E-state index >= 15 is 0 Å². The average molecular weight is 280 g/mol. The highest BCUT2D eigenvalue weighted by Crippen LogP contribution is 2.38. The molecule has 1 N–H and O–H groups in total. The van der Waals surface area contributed by atoms with Crippen LogP contribution in [0.15, 0.2) is 17.7 Å². The minimum Gasteiger partial charge on any atom is -0.478 e. The minimum absolute atomic E-state index is 0.353. The number of benzene rings is 1. The SMILES string of the molecule is O=C(O)C1=Cc2cc(F)cc(F)c2O[C@@H]1C(F)(F)F. The van der Waals surface area contributed by atoms with Crippen molar-refractivity contribution in [3.63, 3.8) is 0 Å². The average Bonchev–Trinajstić information content (AvgIpc) is 2.25. The predicted octanol–water partition coefficient (Wildman–Crippen LogP) is 2.76. The van der Waals surface area contributed by atoms with Crippen LogP contribution in [-0.2, 0) is 4.79 Å². The Bertz CT molecular complexity index is 576. The molecule has 1 aromatic carbocycles. The molecule has 0 saturated carbocycles. The Kier molecular flexibility index (Phi) is 2.95. The summed E-state index contributed by atoms with van der Waals surface area (Å²) >= 11 is 0. The summed E-state index contributed by atoms with van der Waals surface area (Å²) in [5, 5.41) is 8.70. The molecule has 0 saturated heterocycles. The highest BCUT2D eigenvalue weighted by Gasteiger charge is 2.48. The predicted molar refractivity (Wildman–Crippen MR) is 52.4 cm³/mol. The Morgan fingerprint density at radius 2 is 1.89 bits per heavy atom. The van der Waals surface area contributed by atoms with E-state index in [1.165, 1.54) is 0 Å². The molecule has 0 radical (unpaired) electrons. The van der Waals surface area contributed by atoms with Crippen molar-refractivity contribution in [1.82, 2.24) is 0 Å². The molecule has 0 spiro atoms. The molecule has 1 atom stereocenters. The molecular weight excluding hydrogens is 275 g/mol. The standard InChI is InChI=1S/C11H5F5O3/c12-5-1-4-2-6(10(17)18)9(11(14,15)16)19-8(4)7(13)3-5/h1-3,9H,(H,17,18)/t9-/m0/s1. The summed E-state index contributed by atoms with van der Waals surface area (Å²) in [5.41, 5.74) is -1.53. The number of rotatable bonds is 1. The molecule has 8 heteroatoms. The number of aliphatic carboxylic acids is 1. The third-order valence-corrected chi connectivity index (χ3v) is 2.41. The zero-order valence-electron chi connectivity index (χ0n) is 8.96. The Labute approximate surface area is 102 Å². The molecule has 1 aliphatic heterocycles. The van der Waals surface area contributed by atoms with Gasteiger partial charge in [-0.15, -0.1) is 0 Å². The maximum atomic E-state index is 13.3. The first-order chi connectivity index (χ1) is 8.70. The number of fused-ring (bicyclic) bond motifs is 1. The van der Waals surface area contributed by atoms with Gasteiger partial charge in [0.05, 0.1) is 5.57 Å². The summed E-state index contributed by atoms with van der Waals surface area (Å²) in [4.78, 5) is 10.8. The first-order valence-electron chi connectivity index (χ1n) is 4.87. The molecule has 3 nitrogen and oxygen atoms in total. The number of carbonyl (C=O) groups is 1. The summed E-state index contributed by atoms with van der Waals surface area (Å²) in [7, 11) is 0. The van der Waals surface area contributed by atoms with E-state index < -0.39 is 46.8 Å². The molecule has 0 unspecified atom stereocenters. The molecular formula is C11H5F5O3. The fourth-order valence-corrected chi connectivity index (χ4v) is 1.65. The highest BCUT2D eigenvalue weighted by atomic mass is 19.4. The monoisotopic (exact) mass is 280 g/mol. The van der Waals surface area contributed by atoms with Crippen molar-refractivity contribution in [2.75, 3.05) is 0 Å². The Balaban J connectivity index is 2.61. The topological polar surface area (TPSA) is 46.5 Å². The lowest BCUT2D eigenvalue weighted by molar-refractivity contribution is -0.187. The first kappa shape index (κ1) is 13.3. The molecule has 19 heavy (non-hydrogen) atoms.